The van der Waals surface area contributed by atoms with Crippen molar-refractivity contribution in [1.29, 1.82) is 0 Å². The van der Waals surface area contributed by atoms with Crippen LogP contribution in [0, 0.1) is 17.0 Å². The van der Waals surface area contributed by atoms with Gasteiger partial charge < -0.3 is 19.6 Å². The zero-order valence-corrected chi connectivity index (χ0v) is 18.0. The molecule has 2 fully saturated rings. The van der Waals surface area contributed by atoms with E-state index < -0.39 is 0 Å². The molecule has 11 heteroatoms. The minimum atomic E-state index is -0.389. The fourth-order valence-electron chi connectivity index (χ4n) is 3.81. The molecule has 0 N–H and O–H groups in total. The molecule has 10 nitrogen and oxygen atoms in total. The number of nitro benzene ring substituents is 1. The summed E-state index contributed by atoms with van der Waals surface area (Å²) in [6, 6.07) is 4.86. The zero-order chi connectivity index (χ0) is 21.3. The summed E-state index contributed by atoms with van der Waals surface area (Å²) in [7, 11) is 2.04. The summed E-state index contributed by atoms with van der Waals surface area (Å²) in [6.45, 7) is 7.53. The molecule has 2 aliphatic rings. The van der Waals surface area contributed by atoms with Gasteiger partial charge in [0.2, 0.25) is 5.13 Å². The van der Waals surface area contributed by atoms with Crippen LogP contribution in [-0.4, -0.2) is 90.2 Å². The van der Waals surface area contributed by atoms with E-state index in [0.717, 1.165) is 36.3 Å². The first kappa shape index (κ1) is 20.5. The van der Waals surface area contributed by atoms with Gasteiger partial charge in [-0.15, -0.1) is 10.2 Å². The van der Waals surface area contributed by atoms with E-state index in [-0.39, 0.29) is 16.5 Å². The van der Waals surface area contributed by atoms with E-state index in [0.29, 0.717) is 37.4 Å². The van der Waals surface area contributed by atoms with Gasteiger partial charge in [0.1, 0.15) is 10.7 Å². The lowest BCUT2D eigenvalue weighted by atomic mass is 10.1. The Kier molecular flexibility index (Phi) is 5.82. The van der Waals surface area contributed by atoms with E-state index in [1.54, 1.807) is 17.0 Å². The van der Waals surface area contributed by atoms with E-state index in [4.69, 9.17) is 0 Å². The van der Waals surface area contributed by atoms with Gasteiger partial charge in [0.25, 0.3) is 11.6 Å². The maximum Gasteiger partial charge on any atom is 0.293 e. The molecule has 0 atom stereocenters. The van der Waals surface area contributed by atoms with E-state index in [1.807, 2.05) is 18.9 Å². The number of aryl methyl sites for hydroxylation is 1. The maximum absolute atomic E-state index is 13.0. The number of nitrogens with zero attached hydrogens (tertiary/aromatic N) is 7. The molecular weight excluding hydrogens is 406 g/mol. The van der Waals surface area contributed by atoms with Gasteiger partial charge in [0.05, 0.1) is 4.92 Å². The Bertz CT molecular complexity index is 934. The molecule has 2 saturated heterocycles. The number of carbonyl (C=O) groups is 1. The maximum atomic E-state index is 13.0. The number of hydrogen-bond acceptors (Lipinski definition) is 9. The molecule has 1 amide bonds. The summed E-state index contributed by atoms with van der Waals surface area (Å²) in [5.41, 5.74) is 0.939. The van der Waals surface area contributed by atoms with Crippen LogP contribution in [0.25, 0.3) is 0 Å². The monoisotopic (exact) mass is 431 g/mol. The van der Waals surface area contributed by atoms with Crippen molar-refractivity contribution in [2.45, 2.75) is 6.92 Å². The van der Waals surface area contributed by atoms with Gasteiger partial charge in [-0.2, -0.15) is 0 Å². The van der Waals surface area contributed by atoms with Gasteiger partial charge in [0, 0.05) is 64.0 Å². The van der Waals surface area contributed by atoms with E-state index in [9.17, 15) is 14.9 Å². The Hall–Kier alpha value is -2.79. The van der Waals surface area contributed by atoms with Crippen molar-refractivity contribution in [3.8, 4) is 0 Å². The molecule has 4 rings (SSSR count). The van der Waals surface area contributed by atoms with Gasteiger partial charge in [-0.3, -0.25) is 14.9 Å². The molecule has 1 aromatic carbocycles. The largest absolute Gasteiger partial charge is 0.363 e. The Labute approximate surface area is 178 Å². The van der Waals surface area contributed by atoms with Gasteiger partial charge in [0.15, 0.2) is 0 Å². The lowest BCUT2D eigenvalue weighted by Crippen LogP contribution is -2.48. The summed E-state index contributed by atoms with van der Waals surface area (Å²) in [5, 5.41) is 21.7. The summed E-state index contributed by atoms with van der Waals surface area (Å²) < 4.78 is 0. The van der Waals surface area contributed by atoms with Crippen molar-refractivity contribution in [2.75, 3.05) is 69.2 Å². The molecule has 2 aromatic rings. The predicted octanol–water partition coefficient (Wildman–Crippen LogP) is 1.47. The molecule has 0 bridgehead atoms. The topological polar surface area (TPSA) is 99.0 Å². The van der Waals surface area contributed by atoms with Crippen molar-refractivity contribution in [3.05, 3.63) is 38.9 Å². The lowest BCUT2D eigenvalue weighted by Gasteiger charge is -2.35. The van der Waals surface area contributed by atoms with Gasteiger partial charge in [-0.05, 0) is 26.1 Å². The van der Waals surface area contributed by atoms with Crippen LogP contribution in [0.1, 0.15) is 15.4 Å². The third kappa shape index (κ3) is 4.21. The summed E-state index contributed by atoms with van der Waals surface area (Å²) >= 11 is 1.54. The van der Waals surface area contributed by atoms with Crippen LogP contribution in [0.2, 0.25) is 0 Å². The van der Waals surface area contributed by atoms with Crippen LogP contribution >= 0.6 is 11.3 Å². The molecule has 2 aliphatic heterocycles. The lowest BCUT2D eigenvalue weighted by molar-refractivity contribution is -0.384. The van der Waals surface area contributed by atoms with Crippen molar-refractivity contribution < 1.29 is 9.72 Å². The fourth-order valence-corrected chi connectivity index (χ4v) is 4.55. The highest BCUT2D eigenvalue weighted by Crippen LogP contribution is 2.31. The third-order valence-electron chi connectivity index (χ3n) is 5.62. The predicted molar refractivity (Wildman–Crippen MR) is 116 cm³/mol. The number of hydrogen-bond donors (Lipinski definition) is 0. The number of rotatable bonds is 4. The van der Waals surface area contributed by atoms with Gasteiger partial charge >= 0.3 is 0 Å². The fraction of sp³-hybridized carbons (Fsp3) is 0.526. The molecule has 0 radical (unpaired) electrons. The number of carbonyl (C=O) groups excluding carboxylic acids is 1. The summed E-state index contributed by atoms with van der Waals surface area (Å²) in [4.78, 5) is 32.4. The first-order valence-corrected chi connectivity index (χ1v) is 10.8. The highest BCUT2D eigenvalue weighted by Gasteiger charge is 2.28. The molecule has 30 heavy (non-hydrogen) atoms. The molecule has 0 aliphatic carbocycles. The number of aromatic nitrogens is 2. The van der Waals surface area contributed by atoms with E-state index in [2.05, 4.69) is 20.0 Å². The Morgan fingerprint density at radius 2 is 1.70 bits per heavy atom. The van der Waals surface area contributed by atoms with E-state index in [1.165, 1.54) is 17.4 Å². The average molecular weight is 432 g/mol. The number of likely N-dealkylation sites (N-methyl/N-ethyl adjacent to an activating group) is 1. The van der Waals surface area contributed by atoms with Gasteiger partial charge in [-0.25, -0.2) is 0 Å². The molecule has 160 valence electrons. The van der Waals surface area contributed by atoms with Crippen molar-refractivity contribution in [1.82, 2.24) is 20.0 Å². The average Bonchev–Trinajstić information content (AvgIpc) is 3.20. The number of amides is 1. The van der Waals surface area contributed by atoms with Crippen molar-refractivity contribution >= 4 is 33.8 Å². The molecule has 0 unspecified atom stereocenters. The van der Waals surface area contributed by atoms with Crippen LogP contribution in [0.4, 0.5) is 16.5 Å². The number of anilines is 2. The summed E-state index contributed by atoms with van der Waals surface area (Å²) in [6.07, 6.45) is 0. The van der Waals surface area contributed by atoms with Crippen LogP contribution in [-0.2, 0) is 0 Å². The molecule has 0 spiro atoms. The minimum absolute atomic E-state index is 0.00614. The minimum Gasteiger partial charge on any atom is -0.363 e. The second-order valence-corrected chi connectivity index (χ2v) is 8.79. The first-order valence-electron chi connectivity index (χ1n) is 9.98. The Balaban J connectivity index is 1.46. The normalized spacial score (nSPS) is 18.0. The standard InChI is InChI=1S/C19H25N7O3S/c1-14-20-21-19(30-14)25-11-9-24(10-12-25)18(27)15-3-4-16(17(13-15)26(28)29)23-7-5-22(2)6-8-23/h3-4,13H,5-12H2,1-2H3. The molecule has 3 heterocycles. The second kappa shape index (κ2) is 8.52. The SMILES string of the molecule is Cc1nnc(N2CCN(C(=O)c3ccc(N4CCN(C)CC4)c([N+](=O)[O-])c3)CC2)s1. The smallest absolute Gasteiger partial charge is 0.293 e. The highest BCUT2D eigenvalue weighted by molar-refractivity contribution is 7.15. The van der Waals surface area contributed by atoms with Crippen LogP contribution in [0.3, 0.4) is 0 Å². The second-order valence-electron chi connectivity index (χ2n) is 7.63. The van der Waals surface area contributed by atoms with Crippen molar-refractivity contribution in [2.24, 2.45) is 0 Å². The number of piperazine rings is 2. The molecule has 0 saturated carbocycles. The number of nitro groups is 1. The van der Waals surface area contributed by atoms with Crippen molar-refractivity contribution in [3.63, 3.8) is 0 Å². The van der Waals surface area contributed by atoms with Gasteiger partial charge in [-0.1, -0.05) is 11.3 Å². The van der Waals surface area contributed by atoms with Crippen LogP contribution in [0.5, 0.6) is 0 Å². The Morgan fingerprint density at radius 3 is 2.30 bits per heavy atom. The van der Waals surface area contributed by atoms with E-state index >= 15 is 0 Å². The summed E-state index contributed by atoms with van der Waals surface area (Å²) in [5.74, 6) is -0.170. The number of benzene rings is 1. The third-order valence-corrected chi connectivity index (χ3v) is 6.52. The van der Waals surface area contributed by atoms with Crippen LogP contribution < -0.4 is 9.80 Å². The first-order chi connectivity index (χ1) is 14.4. The molecular formula is C19H25N7O3S. The highest BCUT2D eigenvalue weighted by atomic mass is 32.1. The Morgan fingerprint density at radius 1 is 1.03 bits per heavy atom. The molecule has 1 aromatic heterocycles. The van der Waals surface area contributed by atoms with Crippen LogP contribution in [0.15, 0.2) is 18.2 Å². The zero-order valence-electron chi connectivity index (χ0n) is 17.2. The quantitative estimate of drug-likeness (QED) is 0.530.